The number of fused-ring (bicyclic) bond motifs is 2. The highest BCUT2D eigenvalue weighted by Crippen LogP contribution is 2.31. The van der Waals surface area contributed by atoms with Gasteiger partial charge in [-0.25, -0.2) is 9.00 Å². The summed E-state index contributed by atoms with van der Waals surface area (Å²) in [5.41, 5.74) is 2.25. The number of carbonyl (C=O) groups excluding carboxylic acids is 3. The van der Waals surface area contributed by atoms with Gasteiger partial charge in [-0.15, -0.1) is 0 Å². The van der Waals surface area contributed by atoms with E-state index in [1.807, 2.05) is 42.5 Å². The summed E-state index contributed by atoms with van der Waals surface area (Å²) in [7, 11) is 3.13. The number of urea groups is 1. The van der Waals surface area contributed by atoms with E-state index in [1.54, 1.807) is 46.1 Å². The second kappa shape index (κ2) is 11.0. The summed E-state index contributed by atoms with van der Waals surface area (Å²) in [6.07, 6.45) is -0.261. The fraction of sp³-hybridized carbons (Fsp3) is 0.296. The standard InChI is InChI=1S/C27H30N6O5S/c1-28-27(36)30(2)32-17-25(34)33-23(14-18-10-12-21(13-11-18)29-39(37)38)26(35)31(16-24(32)33)15-20-8-5-7-19-6-3-4-9-22(19)20/h3-13,23-24,29H,14-17H2,1-2H3,(H,28,36)(H,37,38)/t23-,24+/m0/s1. The van der Waals surface area contributed by atoms with E-state index in [4.69, 9.17) is 4.55 Å². The Bertz CT molecular complexity index is 1430. The number of hydrogen-bond acceptors (Lipinski definition) is 5. The molecular formula is C27H30N6O5S. The predicted molar refractivity (Wildman–Crippen MR) is 147 cm³/mol. The zero-order chi connectivity index (χ0) is 27.7. The van der Waals surface area contributed by atoms with Gasteiger partial charge in [0.1, 0.15) is 12.2 Å². The molecule has 12 heteroatoms. The molecule has 0 aliphatic carbocycles. The number of amides is 4. The Morgan fingerprint density at radius 3 is 2.51 bits per heavy atom. The van der Waals surface area contributed by atoms with Crippen LogP contribution in [-0.2, 0) is 33.8 Å². The second-order valence-electron chi connectivity index (χ2n) is 9.58. The van der Waals surface area contributed by atoms with Gasteiger partial charge in [0, 0.05) is 32.7 Å². The summed E-state index contributed by atoms with van der Waals surface area (Å²) < 4.78 is 22.6. The van der Waals surface area contributed by atoms with Crippen molar-refractivity contribution in [3.8, 4) is 0 Å². The van der Waals surface area contributed by atoms with Gasteiger partial charge in [-0.3, -0.25) is 23.9 Å². The van der Waals surface area contributed by atoms with Crippen molar-refractivity contribution in [2.45, 2.75) is 25.2 Å². The van der Waals surface area contributed by atoms with Crippen LogP contribution in [-0.4, -0.2) is 85.8 Å². The normalized spacial score (nSPS) is 20.2. The molecule has 0 radical (unpaired) electrons. The van der Waals surface area contributed by atoms with Crippen molar-refractivity contribution >= 4 is 45.6 Å². The molecule has 5 rings (SSSR count). The van der Waals surface area contributed by atoms with Crippen LogP contribution in [0.3, 0.4) is 0 Å². The molecule has 3 aromatic carbocycles. The van der Waals surface area contributed by atoms with Crippen LogP contribution in [0.25, 0.3) is 10.8 Å². The maximum Gasteiger partial charge on any atom is 0.331 e. The van der Waals surface area contributed by atoms with Crippen LogP contribution >= 0.6 is 0 Å². The topological polar surface area (TPSA) is 126 Å². The Morgan fingerprint density at radius 1 is 1.08 bits per heavy atom. The van der Waals surface area contributed by atoms with Gasteiger partial charge in [-0.2, -0.15) is 5.01 Å². The number of nitrogens with one attached hydrogen (secondary N) is 2. The zero-order valence-corrected chi connectivity index (χ0v) is 22.4. The number of carbonyl (C=O) groups is 3. The van der Waals surface area contributed by atoms with Crippen molar-refractivity contribution in [3.63, 3.8) is 0 Å². The van der Waals surface area contributed by atoms with E-state index in [2.05, 4.69) is 10.0 Å². The van der Waals surface area contributed by atoms with Crippen molar-refractivity contribution < 1.29 is 23.1 Å². The van der Waals surface area contributed by atoms with Crippen LogP contribution in [0, 0.1) is 0 Å². The number of rotatable bonds is 7. The molecule has 2 fully saturated rings. The molecule has 3 N–H and O–H groups in total. The minimum absolute atomic E-state index is 0.0222. The first kappa shape index (κ1) is 26.6. The lowest BCUT2D eigenvalue weighted by atomic mass is 9.99. The quantitative estimate of drug-likeness (QED) is 0.387. The van der Waals surface area contributed by atoms with Crippen molar-refractivity contribution in [2.24, 2.45) is 0 Å². The van der Waals surface area contributed by atoms with E-state index in [0.29, 0.717) is 12.2 Å². The molecule has 11 nitrogen and oxygen atoms in total. The van der Waals surface area contributed by atoms with Gasteiger partial charge >= 0.3 is 6.03 Å². The lowest BCUT2D eigenvalue weighted by Crippen LogP contribution is -2.65. The smallest absolute Gasteiger partial charge is 0.331 e. The minimum atomic E-state index is -2.20. The van der Waals surface area contributed by atoms with E-state index < -0.39 is 23.5 Å². The van der Waals surface area contributed by atoms with E-state index in [0.717, 1.165) is 21.9 Å². The van der Waals surface area contributed by atoms with Crippen molar-refractivity contribution in [3.05, 3.63) is 77.9 Å². The number of benzene rings is 3. The Morgan fingerprint density at radius 2 is 1.79 bits per heavy atom. The van der Waals surface area contributed by atoms with Crippen LogP contribution in [0.5, 0.6) is 0 Å². The molecule has 3 atom stereocenters. The molecule has 4 amide bonds. The molecule has 1 unspecified atom stereocenters. The Hall–Kier alpha value is -4.00. The van der Waals surface area contributed by atoms with E-state index in [1.165, 1.54) is 12.1 Å². The first-order chi connectivity index (χ1) is 18.8. The van der Waals surface area contributed by atoms with E-state index in [9.17, 15) is 18.6 Å². The summed E-state index contributed by atoms with van der Waals surface area (Å²) in [5, 5.41) is 7.81. The SMILES string of the molecule is CNC(=O)N(C)N1CC(=O)N2[C@@H](Cc3ccc(NS(=O)O)cc3)C(=O)N(Cc3cccc4ccccc34)C[C@@H]21. The first-order valence-corrected chi connectivity index (χ1v) is 13.6. The molecule has 39 heavy (non-hydrogen) atoms. The molecule has 0 saturated carbocycles. The summed E-state index contributed by atoms with van der Waals surface area (Å²) in [6, 6.07) is 19.7. The molecule has 0 spiro atoms. The van der Waals surface area contributed by atoms with Crippen LogP contribution in [0.4, 0.5) is 10.5 Å². The third-order valence-electron chi connectivity index (χ3n) is 7.29. The highest BCUT2D eigenvalue weighted by atomic mass is 32.2. The van der Waals surface area contributed by atoms with Crippen LogP contribution in [0.15, 0.2) is 66.7 Å². The highest BCUT2D eigenvalue weighted by molar-refractivity contribution is 7.80. The lowest BCUT2D eigenvalue weighted by Gasteiger charge is -2.45. The summed E-state index contributed by atoms with van der Waals surface area (Å²) in [4.78, 5) is 43.1. The molecule has 2 heterocycles. The number of anilines is 1. The highest BCUT2D eigenvalue weighted by Gasteiger charge is 2.51. The maximum atomic E-state index is 14.0. The van der Waals surface area contributed by atoms with Gasteiger partial charge in [0.25, 0.3) is 11.3 Å². The first-order valence-electron chi connectivity index (χ1n) is 12.5. The summed E-state index contributed by atoms with van der Waals surface area (Å²) >= 11 is -2.20. The number of hydrogen-bond donors (Lipinski definition) is 3. The molecule has 0 bridgehead atoms. The zero-order valence-electron chi connectivity index (χ0n) is 21.6. The largest absolute Gasteiger partial charge is 0.340 e. The van der Waals surface area contributed by atoms with Crippen molar-refractivity contribution in [1.29, 1.82) is 0 Å². The van der Waals surface area contributed by atoms with Gasteiger partial charge in [0.2, 0.25) is 11.8 Å². The Kier molecular flexibility index (Phi) is 7.51. The van der Waals surface area contributed by atoms with Crippen LogP contribution in [0.2, 0.25) is 0 Å². The van der Waals surface area contributed by atoms with Crippen LogP contribution < -0.4 is 10.0 Å². The molecule has 2 aliphatic rings. The third kappa shape index (κ3) is 5.31. The average Bonchev–Trinajstić information content (AvgIpc) is 3.26. The average molecular weight is 551 g/mol. The van der Waals surface area contributed by atoms with Crippen molar-refractivity contribution in [2.75, 3.05) is 31.9 Å². The maximum absolute atomic E-state index is 14.0. The van der Waals surface area contributed by atoms with Gasteiger partial charge in [0.05, 0.1) is 13.1 Å². The number of piperazine rings is 1. The van der Waals surface area contributed by atoms with Crippen LogP contribution in [0.1, 0.15) is 11.1 Å². The van der Waals surface area contributed by atoms with Gasteiger partial charge < -0.3 is 15.1 Å². The fourth-order valence-corrected chi connectivity index (χ4v) is 5.74. The van der Waals surface area contributed by atoms with Gasteiger partial charge in [-0.05, 0) is 34.0 Å². The molecule has 3 aromatic rings. The van der Waals surface area contributed by atoms with E-state index in [-0.39, 0.29) is 37.4 Å². The Labute approximate surface area is 228 Å². The predicted octanol–water partition coefficient (Wildman–Crippen LogP) is 2.00. The van der Waals surface area contributed by atoms with Gasteiger partial charge in [0.15, 0.2) is 0 Å². The van der Waals surface area contributed by atoms with Crippen molar-refractivity contribution in [1.82, 2.24) is 25.1 Å². The molecule has 2 aliphatic heterocycles. The molecule has 2 saturated heterocycles. The molecule has 204 valence electrons. The fourth-order valence-electron chi connectivity index (χ4n) is 5.40. The molecule has 0 aromatic heterocycles. The monoisotopic (exact) mass is 550 g/mol. The summed E-state index contributed by atoms with van der Waals surface area (Å²) in [6.45, 7) is 0.584. The Balaban J connectivity index is 1.48. The summed E-state index contributed by atoms with van der Waals surface area (Å²) in [5.74, 6) is -0.400. The lowest BCUT2D eigenvalue weighted by molar-refractivity contribution is -0.157. The third-order valence-corrected chi connectivity index (χ3v) is 7.70. The minimum Gasteiger partial charge on any atom is -0.340 e. The second-order valence-corrected chi connectivity index (χ2v) is 10.3. The molecular weight excluding hydrogens is 520 g/mol. The van der Waals surface area contributed by atoms with E-state index >= 15 is 0 Å². The number of hydrazine groups is 1. The number of nitrogens with zero attached hydrogens (tertiary/aromatic N) is 4. The van der Waals surface area contributed by atoms with Gasteiger partial charge in [-0.1, -0.05) is 54.6 Å².